The predicted octanol–water partition coefficient (Wildman–Crippen LogP) is 5.43. The van der Waals surface area contributed by atoms with E-state index in [0.29, 0.717) is 37.4 Å². The van der Waals surface area contributed by atoms with Crippen LogP contribution in [0.4, 0.5) is 11.5 Å². The number of aromatic nitrogens is 2. The van der Waals surface area contributed by atoms with Gasteiger partial charge in [-0.2, -0.15) is 15.2 Å². The number of anilines is 2. The van der Waals surface area contributed by atoms with E-state index in [2.05, 4.69) is 75.3 Å². The minimum atomic E-state index is -0.0119. The van der Waals surface area contributed by atoms with Gasteiger partial charge in [0.15, 0.2) is 0 Å². The van der Waals surface area contributed by atoms with E-state index in [1.807, 2.05) is 19.9 Å². The van der Waals surface area contributed by atoms with Crippen molar-refractivity contribution in [2.45, 2.75) is 77.4 Å². The zero-order valence-corrected chi connectivity index (χ0v) is 29.0. The molecule has 2 atom stereocenters. The van der Waals surface area contributed by atoms with Gasteiger partial charge in [0.2, 0.25) is 5.91 Å². The van der Waals surface area contributed by atoms with Crippen LogP contribution in [0.5, 0.6) is 6.01 Å². The molecule has 0 spiro atoms. The molecule has 3 aromatic rings. The fraction of sp³-hybridized carbons (Fsp3) is 0.526. The molecule has 10 nitrogen and oxygen atoms in total. The van der Waals surface area contributed by atoms with Crippen molar-refractivity contribution in [1.82, 2.24) is 24.7 Å². The van der Waals surface area contributed by atoms with Gasteiger partial charge >= 0.3 is 6.01 Å². The zero-order chi connectivity index (χ0) is 33.9. The van der Waals surface area contributed by atoms with E-state index in [0.717, 1.165) is 63.4 Å². The molecule has 0 saturated carbocycles. The van der Waals surface area contributed by atoms with Crippen LogP contribution in [-0.2, 0) is 17.8 Å². The number of amides is 1. The molecule has 3 aliphatic heterocycles. The summed E-state index contributed by atoms with van der Waals surface area (Å²) in [6.45, 7) is 11.0. The number of carbonyl (C=O) groups is 1. The van der Waals surface area contributed by atoms with Gasteiger partial charge in [0.1, 0.15) is 12.4 Å². The van der Waals surface area contributed by atoms with Crippen LogP contribution in [0.15, 0.2) is 54.6 Å². The molecule has 2 fully saturated rings. The maximum atomic E-state index is 12.0. The number of nitrogens with two attached hydrogens (primary N) is 1. The van der Waals surface area contributed by atoms with Crippen molar-refractivity contribution >= 4 is 28.2 Å². The fourth-order valence-corrected chi connectivity index (χ4v) is 7.02. The van der Waals surface area contributed by atoms with E-state index in [9.17, 15) is 4.79 Å². The summed E-state index contributed by atoms with van der Waals surface area (Å²) >= 11 is 0. The quantitative estimate of drug-likeness (QED) is 0.287. The number of hydrogen-bond donors (Lipinski definition) is 1. The summed E-state index contributed by atoms with van der Waals surface area (Å²) in [6.07, 6.45) is 11.1. The molecular formula is C38H52N8O2. The van der Waals surface area contributed by atoms with Crippen LogP contribution in [0.25, 0.3) is 10.8 Å². The molecular weight excluding hydrogens is 600 g/mol. The fourth-order valence-electron chi connectivity index (χ4n) is 7.02. The normalized spacial score (nSPS) is 19.0. The standard InChI is InChI=1S/C23H27N5O.C15H25N3O/c1-27-12-5-8-17(27)15-29-23-25-20-14-28(13-11-19(20)22(24)26-23)21-10-4-7-16-6-2-3-9-18(16)21;1-3-18(14(2)9-10-16)15(19)8-7-13-17-11-5-4-6-12-17/h2-4,6-7,9-10,17H,5,8,11-15H2,1H3,(H2,24,25,26);7-8,14H,3-6,9,11-13H2,1-2H3/b;8-7+/t17-;14-/m01/s1. The van der Waals surface area contributed by atoms with Crippen molar-refractivity contribution in [3.63, 3.8) is 0 Å². The van der Waals surface area contributed by atoms with Crippen LogP contribution in [0.1, 0.15) is 63.6 Å². The first-order valence-corrected chi connectivity index (χ1v) is 17.6. The molecule has 256 valence electrons. The number of likely N-dealkylation sites (tertiary alicyclic amines) is 2. The Morgan fingerprint density at radius 2 is 1.90 bits per heavy atom. The molecule has 0 unspecified atom stereocenters. The van der Waals surface area contributed by atoms with Crippen LogP contribution in [0, 0.1) is 11.3 Å². The second kappa shape index (κ2) is 17.3. The first-order valence-electron chi connectivity index (χ1n) is 17.6. The van der Waals surface area contributed by atoms with Crippen molar-refractivity contribution in [1.29, 1.82) is 5.26 Å². The molecule has 1 amide bonds. The van der Waals surface area contributed by atoms with Gasteiger partial charge < -0.3 is 25.2 Å². The Kier molecular flexibility index (Phi) is 12.6. The molecule has 2 N–H and O–H groups in total. The number of piperidine rings is 1. The van der Waals surface area contributed by atoms with Crippen molar-refractivity contribution in [2.75, 3.05) is 63.6 Å². The molecule has 0 radical (unpaired) electrons. The maximum Gasteiger partial charge on any atom is 0.318 e. The van der Waals surface area contributed by atoms with Crippen molar-refractivity contribution in [2.24, 2.45) is 0 Å². The third kappa shape index (κ3) is 9.03. The number of nitrogens with zero attached hydrogens (tertiary/aromatic N) is 7. The SMILES string of the molecule is CCN(C(=O)/C=C/CN1CCCCC1)[C@H](C)CC#N.CN1CCC[C@H]1COc1nc(N)c2c(n1)CN(c1cccc3ccccc13)CC2. The summed E-state index contributed by atoms with van der Waals surface area (Å²) < 4.78 is 5.96. The van der Waals surface area contributed by atoms with Crippen LogP contribution in [-0.4, -0.2) is 95.6 Å². The number of ether oxygens (including phenoxy) is 1. The maximum absolute atomic E-state index is 12.0. The molecule has 0 bridgehead atoms. The Morgan fingerprint density at radius 3 is 2.65 bits per heavy atom. The molecule has 0 aliphatic carbocycles. The average molecular weight is 653 g/mol. The van der Waals surface area contributed by atoms with Gasteiger partial charge in [0, 0.05) is 54.4 Å². The third-order valence-electron chi connectivity index (χ3n) is 9.88. The topological polar surface area (TPSA) is 115 Å². The first-order chi connectivity index (χ1) is 23.4. The Balaban J connectivity index is 0.000000207. The number of nitriles is 1. The van der Waals surface area contributed by atoms with Gasteiger partial charge in [0.05, 0.1) is 24.7 Å². The Labute approximate surface area is 286 Å². The van der Waals surface area contributed by atoms with Crippen LogP contribution in [0.2, 0.25) is 0 Å². The number of carbonyl (C=O) groups excluding carboxylic acids is 1. The number of benzene rings is 2. The number of likely N-dealkylation sites (N-methyl/N-ethyl adjacent to an activating group) is 2. The number of rotatable bonds is 10. The first kappa shape index (κ1) is 35.1. The highest BCUT2D eigenvalue weighted by atomic mass is 16.5. The van der Waals surface area contributed by atoms with Crippen molar-refractivity contribution < 1.29 is 9.53 Å². The Bertz CT molecular complexity index is 1580. The smallest absolute Gasteiger partial charge is 0.318 e. The largest absolute Gasteiger partial charge is 0.462 e. The molecule has 1 aromatic heterocycles. The van der Waals surface area contributed by atoms with Crippen molar-refractivity contribution in [3.8, 4) is 12.1 Å². The zero-order valence-electron chi connectivity index (χ0n) is 29.0. The number of nitrogen functional groups attached to an aromatic ring is 1. The molecule has 3 aliphatic rings. The predicted molar refractivity (Wildman–Crippen MR) is 193 cm³/mol. The van der Waals surface area contributed by atoms with Gasteiger partial charge in [0.25, 0.3) is 0 Å². The summed E-state index contributed by atoms with van der Waals surface area (Å²) in [5, 5.41) is 11.2. The molecule has 2 saturated heterocycles. The van der Waals surface area contributed by atoms with Gasteiger partial charge in [-0.15, -0.1) is 0 Å². The van der Waals surface area contributed by atoms with Gasteiger partial charge in [-0.25, -0.2) is 0 Å². The lowest BCUT2D eigenvalue weighted by Gasteiger charge is -2.31. The van der Waals surface area contributed by atoms with Crippen LogP contribution >= 0.6 is 0 Å². The Morgan fingerprint density at radius 1 is 1.10 bits per heavy atom. The summed E-state index contributed by atoms with van der Waals surface area (Å²) in [6, 6.07) is 17.9. The summed E-state index contributed by atoms with van der Waals surface area (Å²) in [5.41, 5.74) is 9.54. The van der Waals surface area contributed by atoms with E-state index in [1.165, 1.54) is 42.1 Å². The highest BCUT2D eigenvalue weighted by Crippen LogP contribution is 2.32. The Hall–Kier alpha value is -4.20. The van der Waals surface area contributed by atoms with Crippen LogP contribution < -0.4 is 15.4 Å². The third-order valence-corrected chi connectivity index (χ3v) is 9.88. The molecule has 4 heterocycles. The lowest BCUT2D eigenvalue weighted by Crippen LogP contribution is -2.37. The summed E-state index contributed by atoms with van der Waals surface area (Å²) in [7, 11) is 2.14. The number of fused-ring (bicyclic) bond motifs is 2. The van der Waals surface area contributed by atoms with Gasteiger partial charge in [-0.05, 0) is 84.1 Å². The second-order valence-corrected chi connectivity index (χ2v) is 13.2. The minimum Gasteiger partial charge on any atom is -0.462 e. The van der Waals surface area contributed by atoms with E-state index in [-0.39, 0.29) is 11.9 Å². The van der Waals surface area contributed by atoms with E-state index >= 15 is 0 Å². The highest BCUT2D eigenvalue weighted by Gasteiger charge is 2.25. The highest BCUT2D eigenvalue weighted by molar-refractivity contribution is 5.94. The second-order valence-electron chi connectivity index (χ2n) is 13.2. The summed E-state index contributed by atoms with van der Waals surface area (Å²) in [4.78, 5) is 30.1. The van der Waals surface area contributed by atoms with E-state index < -0.39 is 0 Å². The average Bonchev–Trinajstić information content (AvgIpc) is 3.52. The summed E-state index contributed by atoms with van der Waals surface area (Å²) in [5.74, 6) is 0.574. The molecule has 2 aromatic carbocycles. The lowest BCUT2D eigenvalue weighted by atomic mass is 10.0. The minimum absolute atomic E-state index is 0.0119. The monoisotopic (exact) mass is 652 g/mol. The molecule has 6 rings (SSSR count). The van der Waals surface area contributed by atoms with Gasteiger partial charge in [-0.3, -0.25) is 9.69 Å². The number of hydrogen-bond acceptors (Lipinski definition) is 9. The van der Waals surface area contributed by atoms with Crippen LogP contribution in [0.3, 0.4) is 0 Å². The lowest BCUT2D eigenvalue weighted by molar-refractivity contribution is -0.127. The van der Waals surface area contributed by atoms with E-state index in [4.69, 9.17) is 20.7 Å². The van der Waals surface area contributed by atoms with Crippen molar-refractivity contribution in [3.05, 3.63) is 65.9 Å². The van der Waals surface area contributed by atoms with Gasteiger partial charge in [-0.1, -0.05) is 48.9 Å². The van der Waals surface area contributed by atoms with E-state index in [1.54, 1.807) is 11.0 Å². The molecule has 48 heavy (non-hydrogen) atoms. The molecule has 10 heteroatoms.